The molecule has 1 rings (SSSR count). The average molecular weight is 440 g/mol. The molecule has 0 saturated carbocycles. The molecule has 0 bridgehead atoms. The van der Waals surface area contributed by atoms with Gasteiger partial charge in [-0.3, -0.25) is 9.98 Å². The lowest BCUT2D eigenvalue weighted by Crippen LogP contribution is -2.42. The van der Waals surface area contributed by atoms with E-state index in [-0.39, 0.29) is 35.8 Å². The lowest BCUT2D eigenvalue weighted by atomic mass is 10.2. The summed E-state index contributed by atoms with van der Waals surface area (Å²) in [6.07, 6.45) is 1.79. The van der Waals surface area contributed by atoms with E-state index < -0.39 is 9.84 Å². The van der Waals surface area contributed by atoms with Crippen molar-refractivity contribution in [3.05, 3.63) is 29.6 Å². The second kappa shape index (κ2) is 9.98. The highest BCUT2D eigenvalue weighted by Crippen LogP contribution is 1.98. The summed E-state index contributed by atoms with van der Waals surface area (Å²) in [6.45, 7) is 4.45. The molecule has 0 aliphatic carbocycles. The average Bonchev–Trinajstić information content (AvgIpc) is 2.40. The van der Waals surface area contributed by atoms with E-state index in [1.807, 2.05) is 32.0 Å². The van der Waals surface area contributed by atoms with Gasteiger partial charge in [0, 0.05) is 25.0 Å². The molecule has 126 valence electrons. The SMILES string of the molecule is CN=C(NCc1cccc(C)n1)NC(C)CCS(C)(=O)=O.I. The van der Waals surface area contributed by atoms with Crippen LogP contribution in [0.1, 0.15) is 24.7 Å². The summed E-state index contributed by atoms with van der Waals surface area (Å²) in [5.74, 6) is 0.803. The summed E-state index contributed by atoms with van der Waals surface area (Å²) in [6, 6.07) is 5.88. The van der Waals surface area contributed by atoms with Crippen LogP contribution in [-0.2, 0) is 16.4 Å². The van der Waals surface area contributed by atoms with Crippen LogP contribution in [0.3, 0.4) is 0 Å². The first-order chi connectivity index (χ1) is 9.80. The monoisotopic (exact) mass is 440 g/mol. The van der Waals surface area contributed by atoms with Gasteiger partial charge in [0.05, 0.1) is 18.0 Å². The fourth-order valence-electron chi connectivity index (χ4n) is 1.76. The van der Waals surface area contributed by atoms with Crippen molar-refractivity contribution in [1.29, 1.82) is 0 Å². The van der Waals surface area contributed by atoms with Crippen LogP contribution < -0.4 is 10.6 Å². The number of hydrogen-bond donors (Lipinski definition) is 2. The Morgan fingerprint density at radius 3 is 2.64 bits per heavy atom. The van der Waals surface area contributed by atoms with Crippen LogP contribution in [0, 0.1) is 6.92 Å². The van der Waals surface area contributed by atoms with Crippen LogP contribution >= 0.6 is 24.0 Å². The molecule has 0 aliphatic rings. The number of pyridine rings is 1. The van der Waals surface area contributed by atoms with E-state index >= 15 is 0 Å². The molecule has 8 heteroatoms. The van der Waals surface area contributed by atoms with Gasteiger partial charge in [0.15, 0.2) is 5.96 Å². The molecule has 0 aliphatic heterocycles. The molecule has 0 radical (unpaired) electrons. The van der Waals surface area contributed by atoms with E-state index in [2.05, 4.69) is 20.6 Å². The molecule has 2 N–H and O–H groups in total. The number of aromatic nitrogens is 1. The minimum Gasteiger partial charge on any atom is -0.354 e. The molecule has 1 heterocycles. The van der Waals surface area contributed by atoms with E-state index in [9.17, 15) is 8.42 Å². The molecular formula is C14H25IN4O2S. The van der Waals surface area contributed by atoms with Gasteiger partial charge in [-0.25, -0.2) is 8.42 Å². The molecule has 22 heavy (non-hydrogen) atoms. The normalized spacial score (nSPS) is 13.2. The number of aliphatic imine (C=N–C) groups is 1. The van der Waals surface area contributed by atoms with Crippen LogP contribution in [0.5, 0.6) is 0 Å². The predicted octanol–water partition coefficient (Wildman–Crippen LogP) is 1.50. The molecule has 1 aromatic rings. The summed E-state index contributed by atoms with van der Waals surface area (Å²) in [5, 5.41) is 6.34. The maximum Gasteiger partial charge on any atom is 0.191 e. The van der Waals surface area contributed by atoms with Gasteiger partial charge in [-0.15, -0.1) is 24.0 Å². The van der Waals surface area contributed by atoms with Gasteiger partial charge in [-0.2, -0.15) is 0 Å². The third-order valence-electron chi connectivity index (χ3n) is 2.91. The smallest absolute Gasteiger partial charge is 0.191 e. The Bertz CT molecular complexity index is 590. The highest BCUT2D eigenvalue weighted by molar-refractivity contribution is 14.0. The van der Waals surface area contributed by atoms with Crippen LogP contribution in [0.15, 0.2) is 23.2 Å². The van der Waals surface area contributed by atoms with Crippen molar-refractivity contribution < 1.29 is 8.42 Å². The van der Waals surface area contributed by atoms with E-state index in [0.717, 1.165) is 11.4 Å². The van der Waals surface area contributed by atoms with E-state index in [4.69, 9.17) is 0 Å². The zero-order chi connectivity index (χ0) is 15.9. The van der Waals surface area contributed by atoms with Gasteiger partial charge in [-0.05, 0) is 32.4 Å². The Labute approximate surface area is 150 Å². The molecule has 0 fully saturated rings. The Morgan fingerprint density at radius 2 is 2.09 bits per heavy atom. The van der Waals surface area contributed by atoms with Crippen LogP contribution in [-0.4, -0.2) is 44.5 Å². The van der Waals surface area contributed by atoms with Crippen molar-refractivity contribution in [2.24, 2.45) is 4.99 Å². The highest BCUT2D eigenvalue weighted by Gasteiger charge is 2.09. The number of aryl methyl sites for hydroxylation is 1. The molecule has 1 atom stereocenters. The Hall–Kier alpha value is -0.900. The molecule has 1 aromatic heterocycles. The number of rotatable bonds is 6. The maximum atomic E-state index is 11.2. The van der Waals surface area contributed by atoms with E-state index in [0.29, 0.717) is 18.9 Å². The van der Waals surface area contributed by atoms with Crippen molar-refractivity contribution in [3.8, 4) is 0 Å². The Morgan fingerprint density at radius 1 is 1.41 bits per heavy atom. The number of halogens is 1. The van der Waals surface area contributed by atoms with Crippen LogP contribution in [0.4, 0.5) is 0 Å². The quantitative estimate of drug-likeness (QED) is 0.398. The summed E-state index contributed by atoms with van der Waals surface area (Å²) >= 11 is 0. The standard InChI is InChI=1S/C14H24N4O2S.HI/c1-11-6-5-7-13(17-11)10-16-14(15-3)18-12(2)8-9-21(4,19)20;/h5-7,12H,8-10H2,1-4H3,(H2,15,16,18);1H. The minimum atomic E-state index is -2.93. The Kier molecular flexibility index (Phi) is 9.58. The minimum absolute atomic E-state index is 0. The van der Waals surface area contributed by atoms with Crippen LogP contribution in [0.2, 0.25) is 0 Å². The first kappa shape index (κ1) is 21.1. The molecule has 0 saturated heterocycles. The first-order valence-corrected chi connectivity index (χ1v) is 8.93. The molecule has 0 amide bonds. The topological polar surface area (TPSA) is 83.4 Å². The van der Waals surface area contributed by atoms with Gasteiger partial charge in [0.25, 0.3) is 0 Å². The third kappa shape index (κ3) is 9.19. The number of hydrogen-bond acceptors (Lipinski definition) is 4. The van der Waals surface area contributed by atoms with Crippen LogP contribution in [0.25, 0.3) is 0 Å². The zero-order valence-electron chi connectivity index (χ0n) is 13.5. The molecular weight excluding hydrogens is 415 g/mol. The summed E-state index contributed by atoms with van der Waals surface area (Å²) in [5.41, 5.74) is 1.90. The second-order valence-electron chi connectivity index (χ2n) is 5.16. The molecule has 6 nitrogen and oxygen atoms in total. The summed E-state index contributed by atoms with van der Waals surface area (Å²) in [4.78, 5) is 8.53. The molecule has 0 aromatic carbocycles. The van der Waals surface area contributed by atoms with Gasteiger partial charge in [0.1, 0.15) is 9.84 Å². The van der Waals surface area contributed by atoms with Gasteiger partial charge >= 0.3 is 0 Å². The largest absolute Gasteiger partial charge is 0.354 e. The molecule has 1 unspecified atom stereocenters. The summed E-state index contributed by atoms with van der Waals surface area (Å²) in [7, 11) is -1.25. The maximum absolute atomic E-state index is 11.2. The van der Waals surface area contributed by atoms with E-state index in [1.165, 1.54) is 6.26 Å². The zero-order valence-corrected chi connectivity index (χ0v) is 16.6. The molecule has 0 spiro atoms. The third-order valence-corrected chi connectivity index (χ3v) is 3.89. The van der Waals surface area contributed by atoms with Gasteiger partial charge < -0.3 is 10.6 Å². The lowest BCUT2D eigenvalue weighted by Gasteiger charge is -2.17. The Balaban J connectivity index is 0.00000441. The van der Waals surface area contributed by atoms with Gasteiger partial charge in [-0.1, -0.05) is 6.07 Å². The van der Waals surface area contributed by atoms with E-state index in [1.54, 1.807) is 7.05 Å². The number of guanidine groups is 1. The lowest BCUT2D eigenvalue weighted by molar-refractivity contribution is 0.581. The first-order valence-electron chi connectivity index (χ1n) is 6.87. The fraction of sp³-hybridized carbons (Fsp3) is 0.571. The van der Waals surface area contributed by atoms with Crippen molar-refractivity contribution >= 4 is 39.8 Å². The predicted molar refractivity (Wildman–Crippen MR) is 102 cm³/mol. The second-order valence-corrected chi connectivity index (χ2v) is 7.42. The van der Waals surface area contributed by atoms with Crippen molar-refractivity contribution in [3.63, 3.8) is 0 Å². The fourth-order valence-corrected chi connectivity index (χ4v) is 2.54. The van der Waals surface area contributed by atoms with Crippen molar-refractivity contribution in [2.75, 3.05) is 19.1 Å². The number of nitrogens with one attached hydrogen (secondary N) is 2. The number of nitrogens with zero attached hydrogens (tertiary/aromatic N) is 2. The highest BCUT2D eigenvalue weighted by atomic mass is 127. The number of sulfone groups is 1. The summed E-state index contributed by atoms with van der Waals surface area (Å²) < 4.78 is 22.3. The van der Waals surface area contributed by atoms with Crippen molar-refractivity contribution in [2.45, 2.75) is 32.9 Å². The van der Waals surface area contributed by atoms with Gasteiger partial charge in [0.2, 0.25) is 0 Å². The van der Waals surface area contributed by atoms with Crippen molar-refractivity contribution in [1.82, 2.24) is 15.6 Å².